The van der Waals surface area contributed by atoms with E-state index in [0.717, 1.165) is 12.4 Å². The SMILES string of the molecule is COCCN(c1ccc(N)c(C#N)n1)C1CC1. The highest BCUT2D eigenvalue weighted by Crippen LogP contribution is 2.31. The van der Waals surface area contributed by atoms with Gasteiger partial charge in [0.05, 0.1) is 12.3 Å². The van der Waals surface area contributed by atoms with Crippen LogP contribution in [0.2, 0.25) is 0 Å². The fraction of sp³-hybridized carbons (Fsp3) is 0.500. The molecule has 0 amide bonds. The molecule has 5 nitrogen and oxygen atoms in total. The lowest BCUT2D eigenvalue weighted by Gasteiger charge is -2.23. The molecular weight excluding hydrogens is 216 g/mol. The lowest BCUT2D eigenvalue weighted by Crippen LogP contribution is -2.30. The zero-order valence-corrected chi connectivity index (χ0v) is 9.89. The lowest BCUT2D eigenvalue weighted by atomic mass is 10.3. The Bertz CT molecular complexity index is 437. The van der Waals surface area contributed by atoms with Crippen molar-refractivity contribution >= 4 is 11.5 Å². The molecule has 0 unspecified atom stereocenters. The highest BCUT2D eigenvalue weighted by atomic mass is 16.5. The van der Waals surface area contributed by atoms with Crippen LogP contribution in [-0.2, 0) is 4.74 Å². The van der Waals surface area contributed by atoms with Crippen molar-refractivity contribution in [3.63, 3.8) is 0 Å². The van der Waals surface area contributed by atoms with Crippen molar-refractivity contribution in [2.75, 3.05) is 30.9 Å². The van der Waals surface area contributed by atoms with Gasteiger partial charge in [0.25, 0.3) is 0 Å². The first-order valence-electron chi connectivity index (χ1n) is 5.68. The first-order valence-corrected chi connectivity index (χ1v) is 5.68. The zero-order chi connectivity index (χ0) is 12.3. The monoisotopic (exact) mass is 232 g/mol. The average Bonchev–Trinajstić information content (AvgIpc) is 3.16. The standard InChI is InChI=1S/C12H16N4O/c1-17-7-6-16(9-2-3-9)12-5-4-10(14)11(8-13)15-12/h4-5,9H,2-3,6-7,14H2,1H3. The Kier molecular flexibility index (Phi) is 3.45. The Hall–Kier alpha value is -1.80. The number of nitrogens with two attached hydrogens (primary N) is 1. The molecule has 0 saturated heterocycles. The molecular formula is C12H16N4O. The van der Waals surface area contributed by atoms with Gasteiger partial charge in [0.2, 0.25) is 0 Å². The van der Waals surface area contributed by atoms with E-state index in [9.17, 15) is 0 Å². The summed E-state index contributed by atoms with van der Waals surface area (Å²) in [7, 11) is 1.68. The molecule has 1 aromatic heterocycles. The fourth-order valence-corrected chi connectivity index (χ4v) is 1.77. The van der Waals surface area contributed by atoms with Crippen molar-refractivity contribution in [3.8, 4) is 6.07 Å². The predicted molar refractivity (Wildman–Crippen MR) is 65.6 cm³/mol. The second-order valence-corrected chi connectivity index (χ2v) is 4.14. The van der Waals surface area contributed by atoms with E-state index >= 15 is 0 Å². The van der Waals surface area contributed by atoms with Crippen LogP contribution < -0.4 is 10.6 Å². The van der Waals surface area contributed by atoms with Crippen LogP contribution in [0.25, 0.3) is 0 Å². The molecule has 2 N–H and O–H groups in total. The van der Waals surface area contributed by atoms with Crippen LogP contribution in [0.4, 0.5) is 11.5 Å². The molecule has 0 spiro atoms. The number of pyridine rings is 1. The summed E-state index contributed by atoms with van der Waals surface area (Å²) >= 11 is 0. The maximum atomic E-state index is 8.92. The van der Waals surface area contributed by atoms with Crippen LogP contribution in [0.1, 0.15) is 18.5 Å². The van der Waals surface area contributed by atoms with Gasteiger partial charge in [-0.2, -0.15) is 5.26 Å². The fourth-order valence-electron chi connectivity index (χ4n) is 1.77. The molecule has 0 aromatic carbocycles. The summed E-state index contributed by atoms with van der Waals surface area (Å²) in [6.45, 7) is 1.45. The van der Waals surface area contributed by atoms with E-state index in [1.54, 1.807) is 13.2 Å². The summed E-state index contributed by atoms with van der Waals surface area (Å²) < 4.78 is 5.09. The average molecular weight is 232 g/mol. The molecule has 1 heterocycles. The van der Waals surface area contributed by atoms with Gasteiger partial charge in [0.15, 0.2) is 5.69 Å². The molecule has 5 heteroatoms. The topological polar surface area (TPSA) is 75.2 Å². The van der Waals surface area contributed by atoms with Crippen LogP contribution in [0.3, 0.4) is 0 Å². The van der Waals surface area contributed by atoms with Crippen molar-refractivity contribution in [3.05, 3.63) is 17.8 Å². The van der Waals surface area contributed by atoms with Crippen LogP contribution in [0.5, 0.6) is 0 Å². The van der Waals surface area contributed by atoms with Gasteiger partial charge in [0, 0.05) is 19.7 Å². The van der Waals surface area contributed by atoms with Crippen molar-refractivity contribution in [1.82, 2.24) is 4.98 Å². The summed E-state index contributed by atoms with van der Waals surface area (Å²) in [5, 5.41) is 8.92. The molecule has 1 aliphatic rings. The second kappa shape index (κ2) is 5.02. The summed E-state index contributed by atoms with van der Waals surface area (Å²) in [6, 6.07) is 6.15. The Morgan fingerprint density at radius 3 is 2.94 bits per heavy atom. The minimum atomic E-state index is 0.297. The van der Waals surface area contributed by atoms with Gasteiger partial charge in [-0.25, -0.2) is 4.98 Å². The molecule has 90 valence electrons. The molecule has 0 bridgehead atoms. The first-order chi connectivity index (χ1) is 8.26. The number of aromatic nitrogens is 1. The Morgan fingerprint density at radius 1 is 1.59 bits per heavy atom. The number of ether oxygens (including phenoxy) is 1. The number of rotatable bonds is 5. The van der Waals surface area contributed by atoms with Crippen LogP contribution in [0, 0.1) is 11.3 Å². The minimum Gasteiger partial charge on any atom is -0.396 e. The molecule has 17 heavy (non-hydrogen) atoms. The second-order valence-electron chi connectivity index (χ2n) is 4.14. The normalized spacial score (nSPS) is 14.4. The smallest absolute Gasteiger partial charge is 0.165 e. The van der Waals surface area contributed by atoms with E-state index < -0.39 is 0 Å². The van der Waals surface area contributed by atoms with Crippen molar-refractivity contribution < 1.29 is 4.74 Å². The van der Waals surface area contributed by atoms with E-state index in [-0.39, 0.29) is 0 Å². The van der Waals surface area contributed by atoms with E-state index in [4.69, 9.17) is 15.7 Å². The molecule has 0 radical (unpaired) electrons. The number of nitrogens with zero attached hydrogens (tertiary/aromatic N) is 3. The van der Waals surface area contributed by atoms with Gasteiger partial charge >= 0.3 is 0 Å². The number of nitriles is 1. The molecule has 1 fully saturated rings. The zero-order valence-electron chi connectivity index (χ0n) is 9.89. The molecule has 1 saturated carbocycles. The van der Waals surface area contributed by atoms with Gasteiger partial charge in [0.1, 0.15) is 11.9 Å². The maximum absolute atomic E-state index is 8.92. The van der Waals surface area contributed by atoms with E-state index in [0.29, 0.717) is 24.0 Å². The molecule has 0 aliphatic heterocycles. The summed E-state index contributed by atoms with van der Waals surface area (Å²) in [5.74, 6) is 0.815. The van der Waals surface area contributed by atoms with Gasteiger partial charge in [-0.15, -0.1) is 0 Å². The largest absolute Gasteiger partial charge is 0.396 e. The molecule has 2 rings (SSSR count). The van der Waals surface area contributed by atoms with Crippen molar-refractivity contribution in [2.45, 2.75) is 18.9 Å². The van der Waals surface area contributed by atoms with Gasteiger partial charge in [-0.3, -0.25) is 0 Å². The number of anilines is 2. The predicted octanol–water partition coefficient (Wildman–Crippen LogP) is 1.15. The third-order valence-electron chi connectivity index (χ3n) is 2.84. The van der Waals surface area contributed by atoms with E-state index in [2.05, 4.69) is 9.88 Å². The number of methoxy groups -OCH3 is 1. The van der Waals surface area contributed by atoms with Crippen LogP contribution in [0.15, 0.2) is 12.1 Å². The minimum absolute atomic E-state index is 0.297. The number of hydrogen-bond acceptors (Lipinski definition) is 5. The quantitative estimate of drug-likeness (QED) is 0.824. The highest BCUT2D eigenvalue weighted by molar-refractivity contribution is 5.56. The van der Waals surface area contributed by atoms with Crippen LogP contribution in [-0.4, -0.2) is 31.3 Å². The van der Waals surface area contributed by atoms with Crippen molar-refractivity contribution in [2.24, 2.45) is 0 Å². The molecule has 1 aromatic rings. The van der Waals surface area contributed by atoms with Crippen LogP contribution >= 0.6 is 0 Å². The highest BCUT2D eigenvalue weighted by Gasteiger charge is 2.29. The number of nitrogen functional groups attached to an aromatic ring is 1. The third kappa shape index (κ3) is 2.66. The van der Waals surface area contributed by atoms with Gasteiger partial charge in [-0.05, 0) is 25.0 Å². The maximum Gasteiger partial charge on any atom is 0.165 e. The van der Waals surface area contributed by atoms with E-state index in [1.165, 1.54) is 12.8 Å². The Labute approximate surface area is 101 Å². The van der Waals surface area contributed by atoms with Crippen molar-refractivity contribution in [1.29, 1.82) is 5.26 Å². The molecule has 1 aliphatic carbocycles. The van der Waals surface area contributed by atoms with E-state index in [1.807, 2.05) is 12.1 Å². The summed E-state index contributed by atoms with van der Waals surface area (Å²) in [4.78, 5) is 6.47. The molecule has 0 atom stereocenters. The summed E-state index contributed by atoms with van der Waals surface area (Å²) in [6.07, 6.45) is 2.36. The Morgan fingerprint density at radius 2 is 2.35 bits per heavy atom. The third-order valence-corrected chi connectivity index (χ3v) is 2.84. The number of hydrogen-bond donors (Lipinski definition) is 1. The van der Waals surface area contributed by atoms with Gasteiger partial charge in [-0.1, -0.05) is 0 Å². The van der Waals surface area contributed by atoms with Gasteiger partial charge < -0.3 is 15.4 Å². The first kappa shape index (κ1) is 11.7. The summed E-state index contributed by atoms with van der Waals surface area (Å²) in [5.41, 5.74) is 6.39. The Balaban J connectivity index is 2.20. The lowest BCUT2D eigenvalue weighted by molar-refractivity contribution is 0.204.